The molecule has 26 heavy (non-hydrogen) atoms. The number of hydrogen-bond acceptors (Lipinski definition) is 3. The highest BCUT2D eigenvalue weighted by molar-refractivity contribution is 5.79. The van der Waals surface area contributed by atoms with E-state index in [1.54, 1.807) is 0 Å². The fourth-order valence-corrected chi connectivity index (χ4v) is 3.08. The number of rotatable bonds is 8. The van der Waals surface area contributed by atoms with Crippen molar-refractivity contribution in [2.75, 3.05) is 32.7 Å². The molecule has 0 radical (unpaired) electrons. The summed E-state index contributed by atoms with van der Waals surface area (Å²) < 4.78 is 0. The van der Waals surface area contributed by atoms with Crippen molar-refractivity contribution in [1.29, 1.82) is 0 Å². The van der Waals surface area contributed by atoms with Crippen LogP contribution in [0.1, 0.15) is 51.7 Å². The van der Waals surface area contributed by atoms with Gasteiger partial charge in [0.05, 0.1) is 6.54 Å². The summed E-state index contributed by atoms with van der Waals surface area (Å²) in [6, 6.07) is 8.91. The second-order valence-corrected chi connectivity index (χ2v) is 8.10. The fourth-order valence-electron chi connectivity index (χ4n) is 3.08. The van der Waals surface area contributed by atoms with Crippen molar-refractivity contribution in [3.63, 3.8) is 0 Å². The van der Waals surface area contributed by atoms with Gasteiger partial charge in [-0.05, 0) is 64.8 Å². The maximum absolute atomic E-state index is 4.71. The zero-order valence-corrected chi connectivity index (χ0v) is 17.1. The molecule has 1 aliphatic rings. The summed E-state index contributed by atoms with van der Waals surface area (Å²) in [7, 11) is 0. The van der Waals surface area contributed by atoms with Gasteiger partial charge in [0.1, 0.15) is 0 Å². The van der Waals surface area contributed by atoms with Crippen LogP contribution in [-0.2, 0) is 13.1 Å². The van der Waals surface area contributed by atoms with E-state index in [9.17, 15) is 0 Å². The molecule has 2 rings (SSSR count). The van der Waals surface area contributed by atoms with Crippen LogP contribution < -0.4 is 16.0 Å². The van der Waals surface area contributed by atoms with E-state index in [1.165, 1.54) is 37.1 Å². The Balaban J connectivity index is 1.79. The molecule has 146 valence electrons. The quantitative estimate of drug-likeness (QED) is 0.379. The molecule has 0 aromatic heterocycles. The summed E-state index contributed by atoms with van der Waals surface area (Å²) in [6.45, 7) is 15.5. The predicted octanol–water partition coefficient (Wildman–Crippen LogP) is 2.73. The van der Waals surface area contributed by atoms with Crippen LogP contribution >= 0.6 is 0 Å². The van der Waals surface area contributed by atoms with Crippen LogP contribution in [0.5, 0.6) is 0 Å². The Hall–Kier alpha value is -1.59. The Morgan fingerprint density at radius 2 is 1.65 bits per heavy atom. The van der Waals surface area contributed by atoms with Crippen molar-refractivity contribution in [2.45, 2.75) is 59.2 Å². The van der Waals surface area contributed by atoms with Gasteiger partial charge in [0, 0.05) is 31.7 Å². The Bertz CT molecular complexity index is 539. The van der Waals surface area contributed by atoms with Crippen LogP contribution in [0.3, 0.4) is 0 Å². The summed E-state index contributed by atoms with van der Waals surface area (Å²) in [5.41, 5.74) is 2.80. The lowest BCUT2D eigenvalue weighted by Gasteiger charge is -2.21. The molecule has 1 saturated heterocycles. The summed E-state index contributed by atoms with van der Waals surface area (Å²) in [6.07, 6.45) is 2.69. The molecule has 1 heterocycles. The summed E-state index contributed by atoms with van der Waals surface area (Å²) in [5, 5.41) is 10.2. The van der Waals surface area contributed by atoms with Crippen LogP contribution in [0.25, 0.3) is 0 Å². The lowest BCUT2D eigenvalue weighted by Crippen LogP contribution is -2.44. The normalized spacial score (nSPS) is 16.1. The summed E-state index contributed by atoms with van der Waals surface area (Å²) in [4.78, 5) is 7.24. The van der Waals surface area contributed by atoms with E-state index in [0.717, 1.165) is 32.1 Å². The van der Waals surface area contributed by atoms with E-state index < -0.39 is 0 Å². The van der Waals surface area contributed by atoms with Crippen molar-refractivity contribution in [2.24, 2.45) is 4.99 Å². The number of aliphatic imine (C=N–C) groups is 1. The van der Waals surface area contributed by atoms with Gasteiger partial charge < -0.3 is 16.0 Å². The monoisotopic (exact) mass is 359 g/mol. The standard InChI is InChI=1S/C21H37N5/c1-5-22-20(23-12-13-25-21(2,3)4)24-16-18-8-10-19(11-9-18)17-26-14-6-7-15-26/h8-11,25H,5-7,12-17H2,1-4H3,(H2,22,23,24). The van der Waals surface area contributed by atoms with Gasteiger partial charge in [-0.25, -0.2) is 4.99 Å². The van der Waals surface area contributed by atoms with E-state index in [1.807, 2.05) is 0 Å². The van der Waals surface area contributed by atoms with Crippen molar-refractivity contribution < 1.29 is 0 Å². The van der Waals surface area contributed by atoms with Crippen LogP contribution in [0, 0.1) is 0 Å². The molecular formula is C21H37N5. The molecule has 1 fully saturated rings. The van der Waals surface area contributed by atoms with Gasteiger partial charge in [0.2, 0.25) is 0 Å². The molecule has 1 aromatic carbocycles. The first-order valence-corrected chi connectivity index (χ1v) is 10.0. The van der Waals surface area contributed by atoms with Crippen LogP contribution in [0.15, 0.2) is 29.3 Å². The SMILES string of the molecule is CCNC(=NCc1ccc(CN2CCCC2)cc1)NCCNC(C)(C)C. The Morgan fingerprint density at radius 1 is 1.00 bits per heavy atom. The largest absolute Gasteiger partial charge is 0.357 e. The first-order valence-electron chi connectivity index (χ1n) is 10.0. The third-order valence-corrected chi connectivity index (χ3v) is 4.46. The highest BCUT2D eigenvalue weighted by Gasteiger charge is 2.11. The number of likely N-dealkylation sites (tertiary alicyclic amines) is 1. The minimum absolute atomic E-state index is 0.147. The topological polar surface area (TPSA) is 51.7 Å². The Labute approximate surface area is 159 Å². The third kappa shape index (κ3) is 8.19. The number of benzene rings is 1. The van der Waals surface area contributed by atoms with E-state index in [4.69, 9.17) is 4.99 Å². The van der Waals surface area contributed by atoms with Gasteiger partial charge in [-0.3, -0.25) is 4.90 Å². The molecule has 0 spiro atoms. The minimum Gasteiger partial charge on any atom is -0.357 e. The molecule has 0 bridgehead atoms. The molecule has 3 N–H and O–H groups in total. The number of hydrogen-bond donors (Lipinski definition) is 3. The Morgan fingerprint density at radius 3 is 2.27 bits per heavy atom. The maximum atomic E-state index is 4.71. The molecule has 0 saturated carbocycles. The predicted molar refractivity (Wildman–Crippen MR) is 112 cm³/mol. The van der Waals surface area contributed by atoms with Crippen molar-refractivity contribution in [3.8, 4) is 0 Å². The average molecular weight is 360 g/mol. The second kappa shape index (κ2) is 10.5. The minimum atomic E-state index is 0.147. The molecule has 1 aliphatic heterocycles. The number of nitrogens with zero attached hydrogens (tertiary/aromatic N) is 2. The van der Waals surface area contributed by atoms with Gasteiger partial charge in [-0.2, -0.15) is 0 Å². The van der Waals surface area contributed by atoms with Crippen LogP contribution in [0.2, 0.25) is 0 Å². The van der Waals surface area contributed by atoms with Gasteiger partial charge in [-0.1, -0.05) is 24.3 Å². The first-order chi connectivity index (χ1) is 12.5. The smallest absolute Gasteiger partial charge is 0.191 e. The molecule has 0 unspecified atom stereocenters. The van der Waals surface area contributed by atoms with E-state index in [-0.39, 0.29) is 5.54 Å². The zero-order chi connectivity index (χ0) is 18.8. The molecule has 5 heteroatoms. The van der Waals surface area contributed by atoms with Gasteiger partial charge >= 0.3 is 0 Å². The molecule has 1 aromatic rings. The van der Waals surface area contributed by atoms with E-state index >= 15 is 0 Å². The fraction of sp³-hybridized carbons (Fsp3) is 0.667. The van der Waals surface area contributed by atoms with Crippen molar-refractivity contribution in [3.05, 3.63) is 35.4 Å². The van der Waals surface area contributed by atoms with Crippen LogP contribution in [0.4, 0.5) is 0 Å². The number of guanidine groups is 1. The lowest BCUT2D eigenvalue weighted by molar-refractivity contribution is 0.331. The molecule has 0 amide bonds. The maximum Gasteiger partial charge on any atom is 0.191 e. The molecule has 5 nitrogen and oxygen atoms in total. The highest BCUT2D eigenvalue weighted by atomic mass is 15.2. The van der Waals surface area contributed by atoms with Gasteiger partial charge in [-0.15, -0.1) is 0 Å². The Kier molecular flexibility index (Phi) is 8.39. The zero-order valence-electron chi connectivity index (χ0n) is 17.1. The number of nitrogens with one attached hydrogen (secondary N) is 3. The van der Waals surface area contributed by atoms with Gasteiger partial charge in [0.25, 0.3) is 0 Å². The van der Waals surface area contributed by atoms with Gasteiger partial charge in [0.15, 0.2) is 5.96 Å². The van der Waals surface area contributed by atoms with Crippen LogP contribution in [-0.4, -0.2) is 49.1 Å². The lowest BCUT2D eigenvalue weighted by atomic mass is 10.1. The molecular weight excluding hydrogens is 322 g/mol. The summed E-state index contributed by atoms with van der Waals surface area (Å²) in [5.74, 6) is 0.879. The molecule has 0 aliphatic carbocycles. The second-order valence-electron chi connectivity index (χ2n) is 8.10. The average Bonchev–Trinajstić information content (AvgIpc) is 3.10. The molecule has 0 atom stereocenters. The summed E-state index contributed by atoms with van der Waals surface area (Å²) >= 11 is 0. The third-order valence-electron chi connectivity index (χ3n) is 4.46. The van der Waals surface area contributed by atoms with Crippen molar-refractivity contribution >= 4 is 5.96 Å². The highest BCUT2D eigenvalue weighted by Crippen LogP contribution is 2.13. The first kappa shape index (κ1) is 20.7. The van der Waals surface area contributed by atoms with Crippen molar-refractivity contribution in [1.82, 2.24) is 20.9 Å². The van der Waals surface area contributed by atoms with E-state index in [0.29, 0.717) is 6.54 Å². The van der Waals surface area contributed by atoms with E-state index in [2.05, 4.69) is 72.8 Å².